The van der Waals surface area contributed by atoms with Gasteiger partial charge in [0.1, 0.15) is 12.9 Å². The maximum atomic E-state index is 13.0. The summed E-state index contributed by atoms with van der Waals surface area (Å²) in [5, 5.41) is 0. The van der Waals surface area contributed by atoms with Gasteiger partial charge in [-0.05, 0) is 30.4 Å². The van der Waals surface area contributed by atoms with Crippen molar-refractivity contribution in [1.29, 1.82) is 0 Å². The van der Waals surface area contributed by atoms with Crippen molar-refractivity contribution >= 4 is 18.3 Å². The zero-order chi connectivity index (χ0) is 23.3. The van der Waals surface area contributed by atoms with E-state index in [1.54, 1.807) is 9.80 Å². The zero-order valence-electron chi connectivity index (χ0n) is 19.2. The second-order valence-electron chi connectivity index (χ2n) is 8.52. The second-order valence-corrected chi connectivity index (χ2v) is 8.52. The molecular formula is C27H34N2O4. The predicted molar refractivity (Wildman–Crippen MR) is 128 cm³/mol. The van der Waals surface area contributed by atoms with Crippen LogP contribution in [0.2, 0.25) is 0 Å². The summed E-state index contributed by atoms with van der Waals surface area (Å²) in [4.78, 5) is 40.4. The fourth-order valence-corrected chi connectivity index (χ4v) is 4.32. The number of ether oxygens (including phenoxy) is 1. The summed E-state index contributed by atoms with van der Waals surface area (Å²) >= 11 is 0. The Morgan fingerprint density at radius 2 is 1.52 bits per heavy atom. The summed E-state index contributed by atoms with van der Waals surface area (Å²) in [5.41, 5.74) is 2.04. The van der Waals surface area contributed by atoms with E-state index < -0.39 is 6.09 Å². The van der Waals surface area contributed by atoms with E-state index >= 15 is 0 Å². The lowest BCUT2D eigenvalue weighted by Gasteiger charge is -2.33. The van der Waals surface area contributed by atoms with E-state index in [9.17, 15) is 14.4 Å². The van der Waals surface area contributed by atoms with Gasteiger partial charge in [0.15, 0.2) is 0 Å². The van der Waals surface area contributed by atoms with E-state index in [1.807, 2.05) is 60.7 Å². The van der Waals surface area contributed by atoms with Crippen LogP contribution in [0.3, 0.4) is 0 Å². The van der Waals surface area contributed by atoms with Crippen molar-refractivity contribution in [2.45, 2.75) is 57.6 Å². The quantitative estimate of drug-likeness (QED) is 0.469. The minimum absolute atomic E-state index is 0.0745. The first-order valence-corrected chi connectivity index (χ1v) is 11.9. The molecule has 3 rings (SSSR count). The van der Waals surface area contributed by atoms with Gasteiger partial charge in [-0.2, -0.15) is 0 Å². The summed E-state index contributed by atoms with van der Waals surface area (Å²) in [5.74, 6) is -0.0745. The smallest absolute Gasteiger partial charge is 0.410 e. The molecule has 0 atom stereocenters. The van der Waals surface area contributed by atoms with Gasteiger partial charge >= 0.3 is 6.09 Å². The Morgan fingerprint density at radius 1 is 0.879 bits per heavy atom. The minimum atomic E-state index is -0.429. The van der Waals surface area contributed by atoms with Gasteiger partial charge in [0.2, 0.25) is 5.91 Å². The molecule has 2 amide bonds. The lowest BCUT2D eigenvalue weighted by molar-refractivity contribution is -0.136. The Kier molecular flexibility index (Phi) is 9.95. The Hall–Kier alpha value is -3.15. The number of carbonyl (C=O) groups is 3. The molecule has 1 saturated carbocycles. The van der Waals surface area contributed by atoms with Crippen molar-refractivity contribution in [3.8, 4) is 0 Å². The highest BCUT2D eigenvalue weighted by Gasteiger charge is 2.26. The number of rotatable bonds is 11. The van der Waals surface area contributed by atoms with Crippen molar-refractivity contribution in [3.63, 3.8) is 0 Å². The van der Waals surface area contributed by atoms with Crippen LogP contribution >= 0.6 is 0 Å². The van der Waals surface area contributed by atoms with Crippen LogP contribution in [0.15, 0.2) is 60.7 Å². The predicted octanol–water partition coefficient (Wildman–Crippen LogP) is 4.62. The summed E-state index contributed by atoms with van der Waals surface area (Å²) in [6, 6.07) is 19.6. The lowest BCUT2D eigenvalue weighted by Crippen LogP contribution is -2.44. The van der Waals surface area contributed by atoms with Gasteiger partial charge in [-0.3, -0.25) is 4.79 Å². The fraction of sp³-hybridized carbons (Fsp3) is 0.444. The first-order valence-electron chi connectivity index (χ1n) is 11.9. The van der Waals surface area contributed by atoms with Gasteiger partial charge in [-0.25, -0.2) is 4.79 Å². The summed E-state index contributed by atoms with van der Waals surface area (Å²) in [6.45, 7) is 1.03. The largest absolute Gasteiger partial charge is 0.445 e. The zero-order valence-corrected chi connectivity index (χ0v) is 19.2. The third-order valence-corrected chi connectivity index (χ3v) is 6.18. The average molecular weight is 451 g/mol. The third kappa shape index (κ3) is 8.04. The normalized spacial score (nSPS) is 13.8. The molecule has 6 heteroatoms. The first kappa shape index (κ1) is 24.5. The van der Waals surface area contributed by atoms with Crippen LogP contribution in [0, 0.1) is 0 Å². The van der Waals surface area contributed by atoms with Crippen LogP contribution in [0.1, 0.15) is 49.7 Å². The van der Waals surface area contributed by atoms with Crippen molar-refractivity contribution in [1.82, 2.24) is 9.80 Å². The Morgan fingerprint density at radius 3 is 2.15 bits per heavy atom. The Balaban J connectivity index is 1.60. The molecule has 33 heavy (non-hydrogen) atoms. The summed E-state index contributed by atoms with van der Waals surface area (Å²) in [6.07, 6.45) is 6.46. The van der Waals surface area contributed by atoms with E-state index in [2.05, 4.69) is 0 Å². The molecular weight excluding hydrogens is 416 g/mol. The molecule has 0 spiro atoms. The molecule has 2 aromatic carbocycles. The van der Waals surface area contributed by atoms with E-state index in [1.165, 1.54) is 6.42 Å². The Labute approximate surface area is 196 Å². The maximum absolute atomic E-state index is 13.0. The van der Waals surface area contributed by atoms with Gasteiger partial charge in [0.05, 0.1) is 6.54 Å². The van der Waals surface area contributed by atoms with Gasteiger partial charge in [0, 0.05) is 25.6 Å². The molecule has 0 N–H and O–H groups in total. The van der Waals surface area contributed by atoms with Crippen LogP contribution in [0.25, 0.3) is 0 Å². The van der Waals surface area contributed by atoms with E-state index in [0.29, 0.717) is 13.0 Å². The number of benzene rings is 2. The van der Waals surface area contributed by atoms with Crippen LogP contribution in [-0.4, -0.2) is 53.8 Å². The number of amides is 2. The SMILES string of the molecule is O=CCN(C(=O)CCN(CCc1ccccc1)C(=O)OCc1ccccc1)C1CCCCC1. The molecule has 0 bridgehead atoms. The van der Waals surface area contributed by atoms with Crippen LogP contribution in [-0.2, 0) is 27.4 Å². The second kappa shape index (κ2) is 13.4. The molecule has 0 aromatic heterocycles. The summed E-state index contributed by atoms with van der Waals surface area (Å²) in [7, 11) is 0. The number of carbonyl (C=O) groups excluding carboxylic acids is 3. The minimum Gasteiger partial charge on any atom is -0.445 e. The molecule has 0 saturated heterocycles. The number of hydrogen-bond donors (Lipinski definition) is 0. The van der Waals surface area contributed by atoms with Gasteiger partial charge in [-0.1, -0.05) is 79.9 Å². The standard InChI is InChI=1S/C27H34N2O4/c30-21-20-29(25-14-8-3-9-15-25)26(31)17-19-28(18-16-23-10-4-1-5-11-23)27(32)33-22-24-12-6-2-7-13-24/h1-2,4-7,10-13,21,25H,3,8-9,14-20,22H2. The summed E-state index contributed by atoms with van der Waals surface area (Å²) < 4.78 is 5.54. The Bertz CT molecular complexity index is 866. The number of nitrogens with zero attached hydrogens (tertiary/aromatic N) is 2. The number of aldehydes is 1. The maximum Gasteiger partial charge on any atom is 0.410 e. The van der Waals surface area contributed by atoms with Crippen molar-refractivity contribution in [3.05, 3.63) is 71.8 Å². The van der Waals surface area contributed by atoms with E-state index in [-0.39, 0.29) is 38.1 Å². The van der Waals surface area contributed by atoms with Gasteiger partial charge in [-0.15, -0.1) is 0 Å². The molecule has 2 aromatic rings. The van der Waals surface area contributed by atoms with Gasteiger partial charge < -0.3 is 19.3 Å². The molecule has 1 fully saturated rings. The van der Waals surface area contributed by atoms with Crippen LogP contribution < -0.4 is 0 Å². The molecule has 0 unspecified atom stereocenters. The average Bonchev–Trinajstić information content (AvgIpc) is 2.87. The van der Waals surface area contributed by atoms with E-state index in [0.717, 1.165) is 43.1 Å². The van der Waals surface area contributed by atoms with Crippen molar-refractivity contribution in [2.24, 2.45) is 0 Å². The molecule has 0 radical (unpaired) electrons. The van der Waals surface area contributed by atoms with Crippen molar-refractivity contribution in [2.75, 3.05) is 19.6 Å². The van der Waals surface area contributed by atoms with E-state index in [4.69, 9.17) is 4.74 Å². The highest BCUT2D eigenvalue weighted by molar-refractivity contribution is 5.79. The molecule has 0 heterocycles. The monoisotopic (exact) mass is 450 g/mol. The molecule has 1 aliphatic rings. The lowest BCUT2D eigenvalue weighted by atomic mass is 9.94. The molecule has 176 valence electrons. The van der Waals surface area contributed by atoms with Crippen LogP contribution in [0.5, 0.6) is 0 Å². The number of hydrogen-bond acceptors (Lipinski definition) is 4. The van der Waals surface area contributed by atoms with Gasteiger partial charge in [0.25, 0.3) is 0 Å². The molecule has 0 aliphatic heterocycles. The topological polar surface area (TPSA) is 66.9 Å². The fourth-order valence-electron chi connectivity index (χ4n) is 4.32. The van der Waals surface area contributed by atoms with Crippen molar-refractivity contribution < 1.29 is 19.1 Å². The highest BCUT2D eigenvalue weighted by Crippen LogP contribution is 2.23. The highest BCUT2D eigenvalue weighted by atomic mass is 16.6. The first-order chi connectivity index (χ1) is 16.2. The third-order valence-electron chi connectivity index (χ3n) is 6.18. The van der Waals surface area contributed by atoms with Crippen LogP contribution in [0.4, 0.5) is 4.79 Å². The molecule has 1 aliphatic carbocycles. The molecule has 6 nitrogen and oxygen atoms in total.